The second kappa shape index (κ2) is 5.99. The fraction of sp³-hybridized carbons (Fsp3) is 0.500. The van der Waals surface area contributed by atoms with Crippen LogP contribution >= 0.6 is 0 Å². The molecule has 0 aliphatic carbocycles. The first kappa shape index (κ1) is 16.3. The summed E-state index contributed by atoms with van der Waals surface area (Å²) in [6, 6.07) is 6.17. The van der Waals surface area contributed by atoms with Gasteiger partial charge in [-0.15, -0.1) is 4.72 Å². The molecule has 116 valence electrons. The monoisotopic (exact) mass is 311 g/mol. The molecule has 0 amide bonds. The topological polar surface area (TPSA) is 48.2 Å². The Balaban J connectivity index is 2.32. The quantitative estimate of drug-likeness (QED) is 0.855. The van der Waals surface area contributed by atoms with Crippen molar-refractivity contribution in [3.8, 4) is 0 Å². The lowest BCUT2D eigenvalue weighted by molar-refractivity contribution is 0.385. The van der Waals surface area contributed by atoms with E-state index in [1.54, 1.807) is 6.07 Å². The number of nitrogens with one attached hydrogen (secondary N) is 1. The van der Waals surface area contributed by atoms with Crippen molar-refractivity contribution in [2.75, 3.05) is 0 Å². The van der Waals surface area contributed by atoms with Crippen molar-refractivity contribution in [1.82, 2.24) is 4.72 Å². The van der Waals surface area contributed by atoms with Gasteiger partial charge in [-0.25, -0.2) is 4.39 Å². The molecule has 1 heterocycles. The zero-order chi connectivity index (χ0) is 15.8. The highest BCUT2D eigenvalue weighted by molar-refractivity contribution is 7.90. The number of halogens is 1. The van der Waals surface area contributed by atoms with Crippen LogP contribution in [-0.2, 0) is 11.4 Å². The van der Waals surface area contributed by atoms with Crippen molar-refractivity contribution in [2.45, 2.75) is 45.4 Å². The molecule has 0 aliphatic rings. The number of hydrogen-bond acceptors (Lipinski definition) is 3. The Morgan fingerprint density at radius 3 is 2.48 bits per heavy atom. The average Bonchev–Trinajstić information content (AvgIpc) is 2.76. The highest BCUT2D eigenvalue weighted by Crippen LogP contribution is 2.30. The molecule has 1 unspecified atom stereocenters. The van der Waals surface area contributed by atoms with Crippen LogP contribution in [0.5, 0.6) is 0 Å². The van der Waals surface area contributed by atoms with Crippen molar-refractivity contribution < 1.29 is 13.4 Å². The summed E-state index contributed by atoms with van der Waals surface area (Å²) >= 11 is -1.20. The van der Waals surface area contributed by atoms with Crippen molar-refractivity contribution in [3.05, 3.63) is 35.8 Å². The fourth-order valence-electron chi connectivity index (χ4n) is 1.99. The number of benzene rings is 1. The van der Waals surface area contributed by atoms with Crippen LogP contribution in [0.2, 0.25) is 0 Å². The first-order valence-electron chi connectivity index (χ1n) is 7.05. The van der Waals surface area contributed by atoms with E-state index in [0.717, 1.165) is 5.39 Å². The minimum absolute atomic E-state index is 0.180. The standard InChI is InChI=1S/C16H22FNO2S/c1-10(2)15(18-21(19)16(3,4)5)14-8-11-6-7-12(17)9-13(11)20-14/h6-10,15,18H,1-5H3/t15?,21-/m0/s1. The van der Waals surface area contributed by atoms with Gasteiger partial charge in [0, 0.05) is 22.8 Å². The van der Waals surface area contributed by atoms with Crippen molar-refractivity contribution in [3.63, 3.8) is 0 Å². The summed E-state index contributed by atoms with van der Waals surface area (Å²) in [6.07, 6.45) is 0. The molecule has 21 heavy (non-hydrogen) atoms. The van der Waals surface area contributed by atoms with Crippen molar-refractivity contribution in [1.29, 1.82) is 0 Å². The number of fused-ring (bicyclic) bond motifs is 1. The first-order valence-corrected chi connectivity index (χ1v) is 8.20. The molecule has 0 saturated carbocycles. The summed E-state index contributed by atoms with van der Waals surface area (Å²) in [5.41, 5.74) is 0.513. The van der Waals surface area contributed by atoms with E-state index in [1.807, 2.05) is 40.7 Å². The van der Waals surface area contributed by atoms with E-state index in [1.165, 1.54) is 12.1 Å². The van der Waals surface area contributed by atoms with Crippen molar-refractivity contribution >= 4 is 22.3 Å². The van der Waals surface area contributed by atoms with E-state index in [4.69, 9.17) is 4.42 Å². The van der Waals surface area contributed by atoms with Gasteiger partial charge in [-0.2, -0.15) is 0 Å². The molecule has 5 heteroatoms. The van der Waals surface area contributed by atoms with Gasteiger partial charge in [-0.05, 0) is 44.9 Å². The van der Waals surface area contributed by atoms with E-state index in [9.17, 15) is 8.94 Å². The molecule has 2 atom stereocenters. The molecule has 3 nitrogen and oxygen atoms in total. The Morgan fingerprint density at radius 2 is 1.90 bits per heavy atom. The van der Waals surface area contributed by atoms with Crippen LogP contribution in [0.3, 0.4) is 0 Å². The van der Waals surface area contributed by atoms with E-state index in [-0.39, 0.29) is 22.5 Å². The molecule has 2 rings (SSSR count). The Hall–Kier alpha value is -1.04. The molecule has 0 aliphatic heterocycles. The maximum Gasteiger partial charge on any atom is 0.137 e. The Labute approximate surface area is 128 Å². The van der Waals surface area contributed by atoms with Crippen LogP contribution in [0, 0.1) is 11.7 Å². The van der Waals surface area contributed by atoms with E-state index in [0.29, 0.717) is 11.3 Å². The normalized spacial score (nSPS) is 15.6. The summed E-state index contributed by atoms with van der Waals surface area (Å²) in [6.45, 7) is 9.82. The van der Waals surface area contributed by atoms with Gasteiger partial charge in [0.1, 0.15) is 27.9 Å². The van der Waals surface area contributed by atoms with Crippen molar-refractivity contribution in [2.24, 2.45) is 5.92 Å². The van der Waals surface area contributed by atoms with Crippen LogP contribution in [0.15, 0.2) is 28.7 Å². The number of furan rings is 1. The van der Waals surface area contributed by atoms with Gasteiger partial charge in [0.05, 0.1) is 0 Å². The Kier molecular flexibility index (Phi) is 4.66. The zero-order valence-corrected chi connectivity index (χ0v) is 13.9. The third-order valence-corrected chi connectivity index (χ3v) is 4.84. The summed E-state index contributed by atoms with van der Waals surface area (Å²) in [4.78, 5) is 0. The summed E-state index contributed by atoms with van der Waals surface area (Å²) in [5, 5.41) is 0.848. The lowest BCUT2D eigenvalue weighted by Gasteiger charge is -2.28. The van der Waals surface area contributed by atoms with Crippen LogP contribution < -0.4 is 4.72 Å². The minimum Gasteiger partial charge on any atom is -0.598 e. The van der Waals surface area contributed by atoms with Crippen LogP contribution in [-0.4, -0.2) is 9.30 Å². The van der Waals surface area contributed by atoms with Gasteiger partial charge in [0.15, 0.2) is 0 Å². The van der Waals surface area contributed by atoms with Gasteiger partial charge >= 0.3 is 0 Å². The fourth-order valence-corrected chi connectivity index (χ4v) is 2.97. The van der Waals surface area contributed by atoms with Gasteiger partial charge in [-0.3, -0.25) is 0 Å². The molecule has 1 aromatic carbocycles. The Bertz CT molecular complexity index is 618. The van der Waals surface area contributed by atoms with Gasteiger partial charge in [-0.1, -0.05) is 13.8 Å². The molecule has 0 bridgehead atoms. The summed E-state index contributed by atoms with van der Waals surface area (Å²) < 4.78 is 34.1. The Morgan fingerprint density at radius 1 is 1.24 bits per heavy atom. The van der Waals surface area contributed by atoms with Gasteiger partial charge < -0.3 is 8.97 Å². The first-order chi connectivity index (χ1) is 9.68. The second-order valence-corrected chi connectivity index (χ2v) is 8.55. The van der Waals surface area contributed by atoms with Crippen LogP contribution in [0.25, 0.3) is 11.0 Å². The minimum atomic E-state index is -1.20. The zero-order valence-electron chi connectivity index (χ0n) is 13.1. The highest BCUT2D eigenvalue weighted by atomic mass is 32.2. The third-order valence-electron chi connectivity index (χ3n) is 3.26. The molecule has 0 spiro atoms. The lowest BCUT2D eigenvalue weighted by Crippen LogP contribution is -2.42. The predicted octanol–water partition coefficient (Wildman–Crippen LogP) is 4.32. The molecule has 0 radical (unpaired) electrons. The summed E-state index contributed by atoms with van der Waals surface area (Å²) in [7, 11) is 0. The van der Waals surface area contributed by atoms with E-state index >= 15 is 0 Å². The lowest BCUT2D eigenvalue weighted by atomic mass is 10.0. The number of hydrogen-bond donors (Lipinski definition) is 1. The molecule has 0 fully saturated rings. The van der Waals surface area contributed by atoms with E-state index in [2.05, 4.69) is 4.72 Å². The molecule has 1 N–H and O–H groups in total. The highest BCUT2D eigenvalue weighted by Gasteiger charge is 2.32. The predicted molar refractivity (Wildman–Crippen MR) is 84.8 cm³/mol. The average molecular weight is 311 g/mol. The SMILES string of the molecule is CC(C)C(N[S@@+]([O-])C(C)(C)C)c1cc2ccc(F)cc2o1. The van der Waals surface area contributed by atoms with Gasteiger partial charge in [0.25, 0.3) is 0 Å². The molecule has 0 saturated heterocycles. The molecule has 2 aromatic rings. The largest absolute Gasteiger partial charge is 0.598 e. The second-order valence-electron chi connectivity index (χ2n) is 6.55. The maximum absolute atomic E-state index is 13.2. The number of rotatable bonds is 4. The van der Waals surface area contributed by atoms with E-state index < -0.39 is 11.4 Å². The molecular formula is C16H22FNO2S. The third kappa shape index (κ3) is 3.78. The van der Waals surface area contributed by atoms with Gasteiger partial charge in [0.2, 0.25) is 0 Å². The summed E-state index contributed by atoms with van der Waals surface area (Å²) in [5.74, 6) is 0.556. The van der Waals surface area contributed by atoms with Crippen LogP contribution in [0.4, 0.5) is 4.39 Å². The smallest absolute Gasteiger partial charge is 0.137 e. The maximum atomic E-state index is 13.2. The molecular weight excluding hydrogens is 289 g/mol. The molecule has 1 aromatic heterocycles. The van der Waals surface area contributed by atoms with Crippen LogP contribution in [0.1, 0.15) is 46.4 Å².